The average molecular weight is 369 g/mol. The number of hydrogen-bond acceptors (Lipinski definition) is 6. The van der Waals surface area contributed by atoms with Crippen LogP contribution in [0.15, 0.2) is 42.5 Å². The minimum Gasteiger partial charge on any atom is -0.493 e. The zero-order valence-electron chi connectivity index (χ0n) is 14.9. The summed E-state index contributed by atoms with van der Waals surface area (Å²) in [5, 5.41) is 2.73. The highest BCUT2D eigenvalue weighted by atomic mass is 16.5. The van der Waals surface area contributed by atoms with Crippen LogP contribution in [0.2, 0.25) is 0 Å². The van der Waals surface area contributed by atoms with E-state index in [1.165, 1.54) is 26.4 Å². The molecule has 0 aliphatic rings. The van der Waals surface area contributed by atoms with Gasteiger partial charge in [-0.05, 0) is 30.3 Å². The maximum absolute atomic E-state index is 12.0. The molecule has 2 N–H and O–H groups in total. The number of aromatic amines is 1. The fourth-order valence-electron chi connectivity index (χ4n) is 2.50. The first kappa shape index (κ1) is 18.2. The fraction of sp³-hybridized carbons (Fsp3) is 0.211. The second kappa shape index (κ2) is 8.22. The Labute approximate surface area is 155 Å². The van der Waals surface area contributed by atoms with Gasteiger partial charge in [-0.1, -0.05) is 12.1 Å². The maximum Gasteiger partial charge on any atom is 0.337 e. The number of carbonyl (C=O) groups is 2. The summed E-state index contributed by atoms with van der Waals surface area (Å²) < 4.78 is 15.3. The molecule has 0 unspecified atom stereocenters. The molecule has 0 aliphatic carbocycles. The van der Waals surface area contributed by atoms with Crippen LogP contribution in [0.25, 0.3) is 11.0 Å². The number of benzene rings is 2. The number of carbonyl (C=O) groups excluding carboxylic acids is 2. The number of ether oxygens (including phenoxy) is 3. The molecule has 0 bridgehead atoms. The van der Waals surface area contributed by atoms with E-state index < -0.39 is 5.97 Å². The Kier molecular flexibility index (Phi) is 5.55. The molecule has 1 aromatic heterocycles. The highest BCUT2D eigenvalue weighted by molar-refractivity contribution is 5.90. The van der Waals surface area contributed by atoms with Gasteiger partial charge in [-0.15, -0.1) is 0 Å². The van der Waals surface area contributed by atoms with Gasteiger partial charge in [0.2, 0.25) is 0 Å². The number of methoxy groups -OCH3 is 2. The van der Waals surface area contributed by atoms with Crippen LogP contribution in [0.1, 0.15) is 16.2 Å². The lowest BCUT2D eigenvalue weighted by Gasteiger charge is -2.11. The van der Waals surface area contributed by atoms with E-state index >= 15 is 0 Å². The van der Waals surface area contributed by atoms with E-state index in [4.69, 9.17) is 9.47 Å². The number of imidazole rings is 1. The molecule has 1 amide bonds. The van der Waals surface area contributed by atoms with Crippen molar-refractivity contribution in [3.63, 3.8) is 0 Å². The minimum atomic E-state index is -0.483. The molecule has 0 radical (unpaired) electrons. The van der Waals surface area contributed by atoms with E-state index in [2.05, 4.69) is 20.0 Å². The number of amides is 1. The van der Waals surface area contributed by atoms with Crippen molar-refractivity contribution in [3.8, 4) is 11.5 Å². The van der Waals surface area contributed by atoms with Crippen molar-refractivity contribution in [2.45, 2.75) is 6.54 Å². The van der Waals surface area contributed by atoms with Crippen molar-refractivity contribution in [1.29, 1.82) is 0 Å². The number of H-pyrrole nitrogens is 1. The Morgan fingerprint density at radius 2 is 1.93 bits per heavy atom. The van der Waals surface area contributed by atoms with E-state index in [1.807, 2.05) is 24.3 Å². The summed E-state index contributed by atoms with van der Waals surface area (Å²) in [5.74, 6) is 0.551. The molecule has 0 saturated carbocycles. The second-order valence-corrected chi connectivity index (χ2v) is 5.62. The van der Waals surface area contributed by atoms with Crippen molar-refractivity contribution in [1.82, 2.24) is 15.3 Å². The van der Waals surface area contributed by atoms with Gasteiger partial charge in [0.15, 0.2) is 18.1 Å². The van der Waals surface area contributed by atoms with Crippen LogP contribution in [-0.2, 0) is 16.1 Å². The predicted molar refractivity (Wildman–Crippen MR) is 97.8 cm³/mol. The summed E-state index contributed by atoms with van der Waals surface area (Å²) in [7, 11) is 2.75. The van der Waals surface area contributed by atoms with E-state index in [0.717, 1.165) is 11.0 Å². The molecular formula is C19H19N3O5. The van der Waals surface area contributed by atoms with Gasteiger partial charge < -0.3 is 24.5 Å². The molecule has 1 heterocycles. The van der Waals surface area contributed by atoms with Gasteiger partial charge in [0, 0.05) is 0 Å². The van der Waals surface area contributed by atoms with Crippen molar-refractivity contribution in [2.75, 3.05) is 20.8 Å². The van der Waals surface area contributed by atoms with Crippen molar-refractivity contribution in [2.24, 2.45) is 0 Å². The molecule has 2 aromatic carbocycles. The summed E-state index contributed by atoms with van der Waals surface area (Å²) in [6, 6.07) is 12.2. The Bertz CT molecular complexity index is 934. The molecule has 27 heavy (non-hydrogen) atoms. The highest BCUT2D eigenvalue weighted by Gasteiger charge is 2.13. The third-order valence-corrected chi connectivity index (χ3v) is 3.83. The standard InChI is InChI=1S/C19H19N3O5/c1-25-16-9-12(19(24)26-2)7-8-15(16)27-11-18(23)20-10-17-21-13-5-3-4-6-14(13)22-17/h3-9H,10-11H2,1-2H3,(H,20,23)(H,21,22). The number of rotatable bonds is 7. The van der Waals surface area contributed by atoms with Gasteiger partial charge in [0.25, 0.3) is 5.91 Å². The molecule has 8 heteroatoms. The molecule has 0 spiro atoms. The Morgan fingerprint density at radius 1 is 1.11 bits per heavy atom. The number of fused-ring (bicyclic) bond motifs is 1. The first-order valence-electron chi connectivity index (χ1n) is 8.20. The number of esters is 1. The molecule has 0 atom stereocenters. The van der Waals surface area contributed by atoms with Gasteiger partial charge in [0.1, 0.15) is 5.82 Å². The SMILES string of the molecule is COC(=O)c1ccc(OCC(=O)NCc2nc3ccccc3[nH]2)c(OC)c1. The van der Waals surface area contributed by atoms with E-state index in [0.29, 0.717) is 22.9 Å². The molecule has 3 rings (SSSR count). The Morgan fingerprint density at radius 3 is 2.67 bits per heavy atom. The zero-order valence-corrected chi connectivity index (χ0v) is 14.9. The number of para-hydroxylation sites is 2. The number of nitrogens with zero attached hydrogens (tertiary/aromatic N) is 1. The molecule has 3 aromatic rings. The maximum atomic E-state index is 12.0. The highest BCUT2D eigenvalue weighted by Crippen LogP contribution is 2.28. The fourth-order valence-corrected chi connectivity index (χ4v) is 2.50. The van der Waals surface area contributed by atoms with Crippen molar-refractivity contribution in [3.05, 3.63) is 53.9 Å². The normalized spacial score (nSPS) is 10.4. The van der Waals surface area contributed by atoms with E-state index in [1.54, 1.807) is 6.07 Å². The van der Waals surface area contributed by atoms with E-state index in [-0.39, 0.29) is 19.1 Å². The molecule has 0 saturated heterocycles. The number of nitrogens with one attached hydrogen (secondary N) is 2. The number of aromatic nitrogens is 2. The lowest BCUT2D eigenvalue weighted by Crippen LogP contribution is -2.28. The van der Waals surface area contributed by atoms with Crippen molar-refractivity contribution < 1.29 is 23.8 Å². The predicted octanol–water partition coefficient (Wildman–Crippen LogP) is 2.05. The largest absolute Gasteiger partial charge is 0.493 e. The monoisotopic (exact) mass is 369 g/mol. The summed E-state index contributed by atoms with van der Waals surface area (Å²) in [6.07, 6.45) is 0. The van der Waals surface area contributed by atoms with Crippen LogP contribution < -0.4 is 14.8 Å². The van der Waals surface area contributed by atoms with Crippen molar-refractivity contribution >= 4 is 22.9 Å². The van der Waals surface area contributed by atoms with Gasteiger partial charge in [-0.3, -0.25) is 4.79 Å². The summed E-state index contributed by atoms with van der Waals surface area (Å²) >= 11 is 0. The smallest absolute Gasteiger partial charge is 0.337 e. The average Bonchev–Trinajstić information content (AvgIpc) is 3.13. The summed E-state index contributed by atoms with van der Waals surface area (Å²) in [5.41, 5.74) is 2.08. The first-order chi connectivity index (χ1) is 13.1. The Hall–Kier alpha value is -3.55. The quantitative estimate of drug-likeness (QED) is 0.618. The van der Waals surface area contributed by atoms with Gasteiger partial charge in [0.05, 0.1) is 37.4 Å². The summed E-state index contributed by atoms with van der Waals surface area (Å²) in [4.78, 5) is 31.1. The minimum absolute atomic E-state index is 0.200. The summed E-state index contributed by atoms with van der Waals surface area (Å²) in [6.45, 7) is 0.0590. The van der Waals surface area contributed by atoms with Gasteiger partial charge >= 0.3 is 5.97 Å². The van der Waals surface area contributed by atoms with Crippen LogP contribution in [0.5, 0.6) is 11.5 Å². The molecular weight excluding hydrogens is 350 g/mol. The molecule has 0 fully saturated rings. The Balaban J connectivity index is 1.56. The number of hydrogen-bond donors (Lipinski definition) is 2. The topological polar surface area (TPSA) is 103 Å². The lowest BCUT2D eigenvalue weighted by molar-refractivity contribution is -0.123. The zero-order chi connectivity index (χ0) is 19.2. The third kappa shape index (κ3) is 4.35. The molecule has 140 valence electrons. The molecule has 8 nitrogen and oxygen atoms in total. The van der Waals surface area contributed by atoms with E-state index in [9.17, 15) is 9.59 Å². The van der Waals surface area contributed by atoms with Crippen LogP contribution in [-0.4, -0.2) is 42.7 Å². The van der Waals surface area contributed by atoms with Crippen LogP contribution in [0, 0.1) is 0 Å². The molecule has 0 aliphatic heterocycles. The lowest BCUT2D eigenvalue weighted by atomic mass is 10.2. The second-order valence-electron chi connectivity index (χ2n) is 5.62. The van der Waals surface area contributed by atoms with Crippen LogP contribution >= 0.6 is 0 Å². The van der Waals surface area contributed by atoms with Crippen LogP contribution in [0.4, 0.5) is 0 Å². The third-order valence-electron chi connectivity index (χ3n) is 3.83. The van der Waals surface area contributed by atoms with Gasteiger partial charge in [-0.25, -0.2) is 9.78 Å². The van der Waals surface area contributed by atoms with Crippen LogP contribution in [0.3, 0.4) is 0 Å². The first-order valence-corrected chi connectivity index (χ1v) is 8.20. The van der Waals surface area contributed by atoms with Gasteiger partial charge in [-0.2, -0.15) is 0 Å².